The maximum atomic E-state index is 6.09. The average molecular weight is 278 g/mol. The zero-order valence-corrected chi connectivity index (χ0v) is 12.2. The molecule has 1 atom stereocenters. The lowest BCUT2D eigenvalue weighted by Crippen LogP contribution is -2.28. The summed E-state index contributed by atoms with van der Waals surface area (Å²) in [6, 6.07) is 12.5. The van der Waals surface area contributed by atoms with Crippen molar-refractivity contribution in [3.8, 4) is 0 Å². The third kappa shape index (κ3) is 4.41. The van der Waals surface area contributed by atoms with E-state index in [9.17, 15) is 0 Å². The minimum atomic E-state index is 0.368. The van der Waals surface area contributed by atoms with Gasteiger partial charge in [0.1, 0.15) is 5.76 Å². The summed E-state index contributed by atoms with van der Waals surface area (Å²) in [5.41, 5.74) is 1.25. The monoisotopic (exact) mass is 277 g/mol. The largest absolute Gasteiger partial charge is 0.469 e. The number of hydrogen-bond acceptors (Lipinski definition) is 2. The molecule has 19 heavy (non-hydrogen) atoms. The Labute approximate surface area is 119 Å². The summed E-state index contributed by atoms with van der Waals surface area (Å²) >= 11 is 6.09. The molecule has 0 spiro atoms. The van der Waals surface area contributed by atoms with Crippen molar-refractivity contribution in [2.24, 2.45) is 0 Å². The maximum absolute atomic E-state index is 6.09. The van der Waals surface area contributed by atoms with E-state index >= 15 is 0 Å². The summed E-state index contributed by atoms with van der Waals surface area (Å²) in [6.45, 7) is 5.22. The van der Waals surface area contributed by atoms with Crippen LogP contribution in [0, 0.1) is 0 Å². The second-order valence-electron chi connectivity index (χ2n) is 5.10. The summed E-state index contributed by atoms with van der Waals surface area (Å²) < 4.78 is 5.46. The lowest BCUT2D eigenvalue weighted by atomic mass is 9.94. The molecule has 0 amide bonds. The molecule has 3 heteroatoms. The van der Waals surface area contributed by atoms with Crippen LogP contribution in [0.5, 0.6) is 0 Å². The number of benzene rings is 1. The van der Waals surface area contributed by atoms with Crippen molar-refractivity contribution in [3.05, 3.63) is 59.0 Å². The molecule has 0 aliphatic carbocycles. The minimum Gasteiger partial charge on any atom is -0.469 e. The molecule has 0 saturated carbocycles. The van der Waals surface area contributed by atoms with Gasteiger partial charge in [-0.2, -0.15) is 0 Å². The summed E-state index contributed by atoms with van der Waals surface area (Å²) in [6.07, 6.45) is 2.60. The zero-order valence-electron chi connectivity index (χ0n) is 11.4. The molecular formula is C16H20ClNO. The van der Waals surface area contributed by atoms with Crippen molar-refractivity contribution < 1.29 is 4.42 Å². The first-order valence-corrected chi connectivity index (χ1v) is 7.04. The lowest BCUT2D eigenvalue weighted by Gasteiger charge is -2.19. The van der Waals surface area contributed by atoms with Gasteiger partial charge in [0.25, 0.3) is 0 Å². The number of hydrogen-bond donors (Lipinski definition) is 1. The van der Waals surface area contributed by atoms with Crippen LogP contribution in [0.4, 0.5) is 0 Å². The van der Waals surface area contributed by atoms with Crippen LogP contribution in [0.15, 0.2) is 47.1 Å². The van der Waals surface area contributed by atoms with E-state index in [1.807, 2.05) is 30.3 Å². The van der Waals surface area contributed by atoms with E-state index in [1.165, 1.54) is 5.56 Å². The molecule has 0 fully saturated rings. The first-order valence-electron chi connectivity index (χ1n) is 6.66. The normalized spacial score (nSPS) is 12.8. The van der Waals surface area contributed by atoms with Crippen molar-refractivity contribution in [1.29, 1.82) is 0 Å². The lowest BCUT2D eigenvalue weighted by molar-refractivity contribution is 0.461. The Bertz CT molecular complexity index is 493. The minimum absolute atomic E-state index is 0.368. The number of rotatable bonds is 6. The van der Waals surface area contributed by atoms with E-state index in [1.54, 1.807) is 6.26 Å². The Kier molecular flexibility index (Phi) is 5.06. The molecule has 0 aliphatic rings. The fourth-order valence-corrected chi connectivity index (χ4v) is 2.32. The van der Waals surface area contributed by atoms with Gasteiger partial charge in [-0.1, -0.05) is 37.6 Å². The van der Waals surface area contributed by atoms with Crippen LogP contribution in [0.25, 0.3) is 0 Å². The van der Waals surface area contributed by atoms with Crippen molar-refractivity contribution in [1.82, 2.24) is 5.32 Å². The molecule has 2 rings (SSSR count). The molecular weight excluding hydrogens is 258 g/mol. The fraction of sp³-hybridized carbons (Fsp3) is 0.375. The second kappa shape index (κ2) is 6.78. The smallest absolute Gasteiger partial charge is 0.104 e. The molecule has 102 valence electrons. The summed E-state index contributed by atoms with van der Waals surface area (Å²) in [4.78, 5) is 0. The Hall–Kier alpha value is -1.25. The van der Waals surface area contributed by atoms with Crippen molar-refractivity contribution >= 4 is 11.6 Å². The van der Waals surface area contributed by atoms with Gasteiger partial charge in [0.15, 0.2) is 0 Å². The average Bonchev–Trinajstić information content (AvgIpc) is 2.87. The van der Waals surface area contributed by atoms with E-state index in [4.69, 9.17) is 16.0 Å². The predicted octanol–water partition coefficient (Wildman–Crippen LogP) is 4.26. The Balaban J connectivity index is 2.13. The zero-order chi connectivity index (χ0) is 13.7. The van der Waals surface area contributed by atoms with Crippen LogP contribution in [0.2, 0.25) is 5.02 Å². The highest BCUT2D eigenvalue weighted by atomic mass is 35.5. The van der Waals surface area contributed by atoms with Gasteiger partial charge in [0, 0.05) is 29.9 Å². The first kappa shape index (κ1) is 14.2. The molecule has 2 aromatic rings. The molecule has 0 radical (unpaired) electrons. The Morgan fingerprint density at radius 3 is 2.68 bits per heavy atom. The molecule has 1 N–H and O–H groups in total. The van der Waals surface area contributed by atoms with Gasteiger partial charge in [-0.3, -0.25) is 0 Å². The van der Waals surface area contributed by atoms with Crippen LogP contribution in [0.3, 0.4) is 0 Å². The standard InChI is InChI=1S/C16H20ClNO/c1-12(2)18-11-14(10-16-7-4-8-19-16)13-5-3-6-15(17)9-13/h3-9,12,14,18H,10-11H2,1-2H3. The molecule has 1 heterocycles. The maximum Gasteiger partial charge on any atom is 0.104 e. The Morgan fingerprint density at radius 2 is 2.05 bits per heavy atom. The van der Waals surface area contributed by atoms with Gasteiger partial charge in [0.05, 0.1) is 6.26 Å². The van der Waals surface area contributed by atoms with Crippen LogP contribution in [-0.2, 0) is 6.42 Å². The molecule has 2 nitrogen and oxygen atoms in total. The number of nitrogens with one attached hydrogen (secondary N) is 1. The van der Waals surface area contributed by atoms with E-state index < -0.39 is 0 Å². The second-order valence-corrected chi connectivity index (χ2v) is 5.53. The van der Waals surface area contributed by atoms with Gasteiger partial charge < -0.3 is 9.73 Å². The van der Waals surface area contributed by atoms with Crippen LogP contribution >= 0.6 is 11.6 Å². The predicted molar refractivity (Wildman–Crippen MR) is 79.7 cm³/mol. The number of furan rings is 1. The highest BCUT2D eigenvalue weighted by molar-refractivity contribution is 6.30. The number of halogens is 1. The van der Waals surface area contributed by atoms with Gasteiger partial charge in [-0.25, -0.2) is 0 Å². The SMILES string of the molecule is CC(C)NCC(Cc1ccco1)c1cccc(Cl)c1. The molecule has 1 unspecified atom stereocenters. The fourth-order valence-electron chi connectivity index (χ4n) is 2.12. The summed E-state index contributed by atoms with van der Waals surface area (Å²) in [5.74, 6) is 1.38. The van der Waals surface area contributed by atoms with Gasteiger partial charge in [-0.15, -0.1) is 0 Å². The molecule has 1 aromatic carbocycles. The van der Waals surface area contributed by atoms with E-state index in [-0.39, 0.29) is 0 Å². The molecule has 1 aromatic heterocycles. The Morgan fingerprint density at radius 1 is 1.21 bits per heavy atom. The summed E-state index contributed by atoms with van der Waals surface area (Å²) in [5, 5.41) is 4.27. The van der Waals surface area contributed by atoms with E-state index in [0.717, 1.165) is 23.7 Å². The van der Waals surface area contributed by atoms with Crippen molar-refractivity contribution in [2.75, 3.05) is 6.54 Å². The highest BCUT2D eigenvalue weighted by Crippen LogP contribution is 2.23. The topological polar surface area (TPSA) is 25.2 Å². The van der Waals surface area contributed by atoms with Gasteiger partial charge in [0.2, 0.25) is 0 Å². The molecule has 0 aliphatic heterocycles. The van der Waals surface area contributed by atoms with Crippen LogP contribution in [0.1, 0.15) is 31.1 Å². The quantitative estimate of drug-likeness (QED) is 0.854. The highest BCUT2D eigenvalue weighted by Gasteiger charge is 2.14. The van der Waals surface area contributed by atoms with Crippen LogP contribution in [-0.4, -0.2) is 12.6 Å². The first-order chi connectivity index (χ1) is 9.15. The van der Waals surface area contributed by atoms with Crippen molar-refractivity contribution in [2.45, 2.75) is 32.2 Å². The van der Waals surface area contributed by atoms with Gasteiger partial charge in [-0.05, 0) is 29.8 Å². The van der Waals surface area contributed by atoms with E-state index in [0.29, 0.717) is 12.0 Å². The third-order valence-electron chi connectivity index (χ3n) is 3.12. The summed E-state index contributed by atoms with van der Waals surface area (Å²) in [7, 11) is 0. The van der Waals surface area contributed by atoms with Gasteiger partial charge >= 0.3 is 0 Å². The van der Waals surface area contributed by atoms with Crippen LogP contribution < -0.4 is 5.32 Å². The third-order valence-corrected chi connectivity index (χ3v) is 3.36. The molecule has 0 saturated heterocycles. The van der Waals surface area contributed by atoms with E-state index in [2.05, 4.69) is 25.2 Å². The van der Waals surface area contributed by atoms with Crippen molar-refractivity contribution in [3.63, 3.8) is 0 Å². The molecule has 0 bridgehead atoms.